The Morgan fingerprint density at radius 3 is 2.76 bits per heavy atom. The van der Waals surface area contributed by atoms with E-state index in [1.54, 1.807) is 24.4 Å². The summed E-state index contributed by atoms with van der Waals surface area (Å²) in [6.45, 7) is 0. The van der Waals surface area contributed by atoms with Gasteiger partial charge in [-0.25, -0.2) is 9.97 Å². The van der Waals surface area contributed by atoms with Crippen molar-refractivity contribution in [1.82, 2.24) is 9.97 Å². The second kappa shape index (κ2) is 5.25. The fourth-order valence-electron chi connectivity index (χ4n) is 1.40. The predicted molar refractivity (Wildman–Crippen MR) is 66.7 cm³/mol. The Morgan fingerprint density at radius 1 is 1.24 bits per heavy atom. The second-order valence-electron chi connectivity index (χ2n) is 3.43. The monoisotopic (exact) mass is 266 g/mol. The van der Waals surface area contributed by atoms with Gasteiger partial charge in [-0.1, -0.05) is 29.3 Å². The van der Waals surface area contributed by atoms with E-state index in [0.29, 0.717) is 34.3 Å². The number of nitrogens with zero attached hydrogens (tertiary/aromatic N) is 2. The van der Waals surface area contributed by atoms with Crippen molar-refractivity contribution in [3.63, 3.8) is 0 Å². The van der Waals surface area contributed by atoms with Crippen LogP contribution in [-0.2, 0) is 6.42 Å². The zero-order valence-corrected chi connectivity index (χ0v) is 10.2. The molecule has 86 valence electrons. The number of hydrogen-bond acceptors (Lipinski definition) is 3. The summed E-state index contributed by atoms with van der Waals surface area (Å²) in [5.41, 5.74) is 1.24. The van der Waals surface area contributed by atoms with Gasteiger partial charge in [0.1, 0.15) is 11.5 Å². The molecule has 3 nitrogen and oxygen atoms in total. The minimum absolute atomic E-state index is 0.361. The number of benzene rings is 1. The molecule has 5 heteroatoms. The molecule has 0 saturated heterocycles. The van der Waals surface area contributed by atoms with Crippen LogP contribution in [0.4, 0.5) is 0 Å². The highest BCUT2D eigenvalue weighted by Crippen LogP contribution is 2.22. The molecule has 0 atom stereocenters. The predicted octanol–water partition coefficient (Wildman–Crippen LogP) is 3.19. The first kappa shape index (κ1) is 12.0. The molecular weight excluding hydrogens is 259 g/mol. The second-order valence-corrected chi connectivity index (χ2v) is 4.27. The van der Waals surface area contributed by atoms with Crippen molar-refractivity contribution < 1.29 is 4.79 Å². The average Bonchev–Trinajstić information content (AvgIpc) is 2.33. The van der Waals surface area contributed by atoms with Crippen LogP contribution in [0.15, 0.2) is 30.5 Å². The van der Waals surface area contributed by atoms with Crippen LogP contribution in [-0.4, -0.2) is 16.3 Å². The fraction of sp³-hybridized carbons (Fsp3) is 0.0833. The van der Waals surface area contributed by atoms with Gasteiger partial charge in [-0.3, -0.25) is 4.79 Å². The maximum Gasteiger partial charge on any atom is 0.168 e. The molecule has 0 spiro atoms. The van der Waals surface area contributed by atoms with E-state index in [1.807, 2.05) is 6.07 Å². The quantitative estimate of drug-likeness (QED) is 0.802. The third-order valence-corrected chi connectivity index (χ3v) is 2.80. The summed E-state index contributed by atoms with van der Waals surface area (Å²) in [5, 5.41) is 1.15. The normalized spacial score (nSPS) is 10.2. The molecule has 0 aliphatic carbocycles. The molecule has 0 fully saturated rings. The highest BCUT2D eigenvalue weighted by atomic mass is 35.5. The number of hydrogen-bond donors (Lipinski definition) is 0. The number of aldehydes is 1. The number of carbonyl (C=O) groups is 1. The van der Waals surface area contributed by atoms with Crippen molar-refractivity contribution in [1.29, 1.82) is 0 Å². The third kappa shape index (κ3) is 3.02. The first-order chi connectivity index (χ1) is 8.19. The van der Waals surface area contributed by atoms with Gasteiger partial charge in [0.25, 0.3) is 0 Å². The molecule has 0 radical (unpaired) electrons. The molecule has 2 aromatic rings. The van der Waals surface area contributed by atoms with Crippen LogP contribution < -0.4 is 0 Å². The molecule has 1 aromatic heterocycles. The van der Waals surface area contributed by atoms with Crippen LogP contribution >= 0.6 is 23.2 Å². The van der Waals surface area contributed by atoms with E-state index in [9.17, 15) is 4.79 Å². The summed E-state index contributed by atoms with van der Waals surface area (Å²) in [7, 11) is 0. The molecular formula is C12H8Cl2N2O. The molecule has 0 bridgehead atoms. The Kier molecular flexibility index (Phi) is 3.71. The van der Waals surface area contributed by atoms with E-state index in [-0.39, 0.29) is 0 Å². The maximum absolute atomic E-state index is 10.6. The minimum atomic E-state index is 0.361. The number of carbonyl (C=O) groups excluding carboxylic acids is 1. The van der Waals surface area contributed by atoms with Crippen LogP contribution in [0.5, 0.6) is 0 Å². The van der Waals surface area contributed by atoms with Gasteiger partial charge in [-0.2, -0.15) is 0 Å². The van der Waals surface area contributed by atoms with Gasteiger partial charge in [0.15, 0.2) is 6.29 Å². The summed E-state index contributed by atoms with van der Waals surface area (Å²) in [6.07, 6.45) is 2.71. The van der Waals surface area contributed by atoms with Crippen LogP contribution in [0.3, 0.4) is 0 Å². The van der Waals surface area contributed by atoms with Gasteiger partial charge in [0.05, 0.1) is 0 Å². The Balaban J connectivity index is 2.27. The molecule has 0 unspecified atom stereocenters. The van der Waals surface area contributed by atoms with Gasteiger partial charge in [0, 0.05) is 22.7 Å². The summed E-state index contributed by atoms with van der Waals surface area (Å²) in [5.74, 6) is 0.554. The Bertz CT molecular complexity index is 558. The largest absolute Gasteiger partial charge is 0.296 e. The SMILES string of the molecule is O=Cc1ccnc(Cc2ccc(Cl)cc2Cl)n1. The Morgan fingerprint density at radius 2 is 2.06 bits per heavy atom. The summed E-state index contributed by atoms with van der Waals surface area (Å²) < 4.78 is 0. The van der Waals surface area contributed by atoms with Gasteiger partial charge < -0.3 is 0 Å². The first-order valence-corrected chi connectivity index (χ1v) is 5.65. The minimum Gasteiger partial charge on any atom is -0.296 e. The van der Waals surface area contributed by atoms with Crippen molar-refractivity contribution >= 4 is 29.5 Å². The smallest absolute Gasteiger partial charge is 0.168 e. The summed E-state index contributed by atoms with van der Waals surface area (Å²) in [6, 6.07) is 6.80. The van der Waals surface area contributed by atoms with Crippen molar-refractivity contribution in [2.45, 2.75) is 6.42 Å². The van der Waals surface area contributed by atoms with E-state index < -0.39 is 0 Å². The summed E-state index contributed by atoms with van der Waals surface area (Å²) in [4.78, 5) is 18.8. The highest BCUT2D eigenvalue weighted by Gasteiger charge is 2.05. The standard InChI is InChI=1S/C12H8Cl2N2O/c13-9-2-1-8(11(14)6-9)5-12-15-4-3-10(7-17)16-12/h1-4,6-7H,5H2. The van der Waals surface area contributed by atoms with Crippen molar-refractivity contribution in [2.75, 3.05) is 0 Å². The van der Waals surface area contributed by atoms with Crippen molar-refractivity contribution in [3.8, 4) is 0 Å². The lowest BCUT2D eigenvalue weighted by Gasteiger charge is -2.04. The summed E-state index contributed by atoms with van der Waals surface area (Å²) >= 11 is 11.8. The lowest BCUT2D eigenvalue weighted by atomic mass is 10.1. The van der Waals surface area contributed by atoms with Gasteiger partial charge in [-0.05, 0) is 23.8 Å². The fourth-order valence-corrected chi connectivity index (χ4v) is 1.88. The Labute approximate surface area is 108 Å². The number of halogens is 2. The third-order valence-electron chi connectivity index (χ3n) is 2.21. The van der Waals surface area contributed by atoms with Gasteiger partial charge in [-0.15, -0.1) is 0 Å². The lowest BCUT2D eigenvalue weighted by Crippen LogP contribution is -1.99. The molecule has 0 aliphatic heterocycles. The van der Waals surface area contributed by atoms with Crippen LogP contribution in [0.1, 0.15) is 21.9 Å². The van der Waals surface area contributed by atoms with Gasteiger partial charge >= 0.3 is 0 Å². The van der Waals surface area contributed by atoms with Crippen LogP contribution in [0.2, 0.25) is 10.0 Å². The molecule has 17 heavy (non-hydrogen) atoms. The topological polar surface area (TPSA) is 42.9 Å². The molecule has 0 saturated carbocycles. The first-order valence-electron chi connectivity index (χ1n) is 4.90. The van der Waals surface area contributed by atoms with E-state index in [2.05, 4.69) is 9.97 Å². The Hall–Kier alpha value is -1.45. The van der Waals surface area contributed by atoms with E-state index in [4.69, 9.17) is 23.2 Å². The van der Waals surface area contributed by atoms with Crippen LogP contribution in [0.25, 0.3) is 0 Å². The van der Waals surface area contributed by atoms with Crippen molar-refractivity contribution in [3.05, 3.63) is 57.6 Å². The zero-order chi connectivity index (χ0) is 12.3. The molecule has 0 N–H and O–H groups in total. The maximum atomic E-state index is 10.6. The van der Waals surface area contributed by atoms with E-state index >= 15 is 0 Å². The molecule has 1 heterocycles. The molecule has 0 aliphatic rings. The average molecular weight is 267 g/mol. The zero-order valence-electron chi connectivity index (χ0n) is 8.73. The molecule has 1 aromatic carbocycles. The highest BCUT2D eigenvalue weighted by molar-refractivity contribution is 6.35. The van der Waals surface area contributed by atoms with Crippen molar-refractivity contribution in [2.24, 2.45) is 0 Å². The van der Waals surface area contributed by atoms with Gasteiger partial charge in [0.2, 0.25) is 0 Å². The van der Waals surface area contributed by atoms with Crippen LogP contribution in [0, 0.1) is 0 Å². The molecule has 0 amide bonds. The van der Waals surface area contributed by atoms with E-state index in [0.717, 1.165) is 5.56 Å². The number of rotatable bonds is 3. The lowest BCUT2D eigenvalue weighted by molar-refractivity contribution is 0.111. The number of aromatic nitrogens is 2. The molecule has 2 rings (SSSR count). The van der Waals surface area contributed by atoms with E-state index in [1.165, 1.54) is 0 Å².